The number of hydrogen-bond acceptors (Lipinski definition) is 2. The zero-order chi connectivity index (χ0) is 16.7. The molecule has 0 atom stereocenters. The molecule has 0 aromatic heterocycles. The van der Waals surface area contributed by atoms with Gasteiger partial charge in [0.1, 0.15) is 5.60 Å². The molecule has 0 aliphatic rings. The molecule has 1 aromatic rings. The normalized spacial score (nSPS) is 12.5. The fraction of sp³-hybridized carbons (Fsp3) is 0.500. The smallest absolute Gasteiger partial charge is 0.456 e. The topological polar surface area (TPSA) is 26.3 Å². The highest BCUT2D eigenvalue weighted by molar-refractivity contribution is 14.1. The zero-order valence-electron chi connectivity index (χ0n) is 12.9. The van der Waals surface area contributed by atoms with Crippen molar-refractivity contribution in [3.63, 3.8) is 0 Å². The van der Waals surface area contributed by atoms with Gasteiger partial charge in [0.15, 0.2) is 0 Å². The van der Waals surface area contributed by atoms with Gasteiger partial charge in [-0.25, -0.2) is 4.79 Å². The van der Waals surface area contributed by atoms with Crippen molar-refractivity contribution >= 4 is 41.0 Å². The molecule has 0 spiro atoms. The molecule has 0 heterocycles. The molecule has 0 N–H and O–H groups in total. The van der Waals surface area contributed by atoms with Crippen molar-refractivity contribution in [2.24, 2.45) is 0 Å². The van der Waals surface area contributed by atoms with Crippen LogP contribution in [0.3, 0.4) is 0 Å². The third-order valence-electron chi connectivity index (χ3n) is 3.15. The molecule has 0 fully saturated rings. The zero-order valence-corrected chi connectivity index (χ0v) is 15.1. The quantitative estimate of drug-likeness (QED) is 0.413. The van der Waals surface area contributed by atoms with Crippen molar-refractivity contribution in [3.05, 3.63) is 25.8 Å². The van der Waals surface area contributed by atoms with Crippen LogP contribution < -0.4 is 5.46 Å². The van der Waals surface area contributed by atoms with Crippen molar-refractivity contribution < 1.29 is 22.5 Å². The van der Waals surface area contributed by atoms with E-state index in [0.717, 1.165) is 0 Å². The van der Waals surface area contributed by atoms with Crippen molar-refractivity contribution in [1.29, 1.82) is 0 Å². The summed E-state index contributed by atoms with van der Waals surface area (Å²) in [5.41, 5.74) is -0.767. The van der Waals surface area contributed by atoms with Gasteiger partial charge >= 0.3 is 12.9 Å². The fourth-order valence-corrected chi connectivity index (χ4v) is 2.89. The Bertz CT molecular complexity index is 590. The first-order valence-corrected chi connectivity index (χ1v) is 7.57. The summed E-state index contributed by atoms with van der Waals surface area (Å²) in [5.74, 6) is -0.711. The Balaban J connectivity index is 3.61. The summed E-state index contributed by atoms with van der Waals surface area (Å²) in [6, 6.07) is 0. The molecular formula is C14H18BF3IO2-. The molecule has 0 bridgehead atoms. The Morgan fingerprint density at radius 1 is 1.05 bits per heavy atom. The number of ether oxygens (including phenoxy) is 1. The molecule has 0 radical (unpaired) electrons. The first-order chi connectivity index (χ1) is 9.27. The molecule has 1 rings (SSSR count). The second-order valence-corrected chi connectivity index (χ2v) is 7.13. The molecule has 1 aromatic carbocycles. The van der Waals surface area contributed by atoms with Crippen LogP contribution in [0.4, 0.5) is 12.9 Å². The van der Waals surface area contributed by atoms with Crippen LogP contribution in [0.25, 0.3) is 0 Å². The summed E-state index contributed by atoms with van der Waals surface area (Å²) in [5, 5.41) is 0. The van der Waals surface area contributed by atoms with Crippen LogP contribution in [0, 0.1) is 24.3 Å². The maximum Gasteiger partial charge on any atom is 0.510 e. The van der Waals surface area contributed by atoms with Crippen molar-refractivity contribution in [2.45, 2.75) is 47.1 Å². The number of carbonyl (C=O) groups excluding carboxylic acids is 1. The molecule has 7 heteroatoms. The number of rotatable bonds is 2. The minimum Gasteiger partial charge on any atom is -0.456 e. The van der Waals surface area contributed by atoms with Gasteiger partial charge in [0.05, 0.1) is 5.56 Å². The van der Waals surface area contributed by atoms with Crippen LogP contribution in [0.1, 0.15) is 47.8 Å². The van der Waals surface area contributed by atoms with Crippen LogP contribution in [0.2, 0.25) is 0 Å². The van der Waals surface area contributed by atoms with Gasteiger partial charge in [-0.1, -0.05) is 11.1 Å². The minimum absolute atomic E-state index is 0.0223. The summed E-state index contributed by atoms with van der Waals surface area (Å²) in [7, 11) is 0. The van der Waals surface area contributed by atoms with E-state index in [-0.39, 0.29) is 16.7 Å². The van der Waals surface area contributed by atoms with Crippen LogP contribution in [0.5, 0.6) is 0 Å². The molecule has 2 nitrogen and oxygen atoms in total. The Morgan fingerprint density at radius 3 is 1.90 bits per heavy atom. The van der Waals surface area contributed by atoms with E-state index in [1.54, 1.807) is 27.7 Å². The first-order valence-electron chi connectivity index (χ1n) is 6.49. The largest absolute Gasteiger partial charge is 0.510 e. The summed E-state index contributed by atoms with van der Waals surface area (Å²) in [6.45, 7) is 4.28. The molecule has 0 aliphatic carbocycles. The Hall–Kier alpha value is -0.725. The number of hydrogen-bond donors (Lipinski definition) is 0. The number of esters is 1. The lowest BCUT2D eigenvalue weighted by Crippen LogP contribution is -2.41. The summed E-state index contributed by atoms with van der Waals surface area (Å²) < 4.78 is 45.6. The maximum absolute atomic E-state index is 13.3. The van der Waals surface area contributed by atoms with E-state index >= 15 is 0 Å². The van der Waals surface area contributed by atoms with Crippen LogP contribution in [0.15, 0.2) is 0 Å². The summed E-state index contributed by atoms with van der Waals surface area (Å²) in [6.07, 6.45) is 0. The SMILES string of the molecule is Cc1c(I)c(C)c([B-](F)(F)F)c(C)c1C(=O)OC(C)(C)C. The molecular weight excluding hydrogens is 395 g/mol. The van der Waals surface area contributed by atoms with Gasteiger partial charge in [0, 0.05) is 3.57 Å². The second kappa shape index (κ2) is 5.81. The molecule has 0 amide bonds. The van der Waals surface area contributed by atoms with Gasteiger partial charge in [-0.15, -0.1) is 5.46 Å². The van der Waals surface area contributed by atoms with Gasteiger partial charge in [-0.3, -0.25) is 0 Å². The molecule has 0 saturated heterocycles. The molecule has 21 heavy (non-hydrogen) atoms. The fourth-order valence-electron chi connectivity index (χ4n) is 2.33. The monoisotopic (exact) mass is 413 g/mol. The standard InChI is InChI=1S/C14H18BF3IO2/c1-7-10(13(20)21-14(4,5)6)8(2)12(19)9(3)11(7)15(16,17)18/h1-6H3/q-1. The van der Waals surface area contributed by atoms with Gasteiger partial charge < -0.3 is 17.7 Å². The van der Waals surface area contributed by atoms with E-state index in [9.17, 15) is 17.7 Å². The van der Waals surface area contributed by atoms with E-state index in [1.165, 1.54) is 13.8 Å². The highest BCUT2D eigenvalue weighted by atomic mass is 127. The third-order valence-corrected chi connectivity index (χ3v) is 4.76. The van der Waals surface area contributed by atoms with Crippen molar-refractivity contribution in [3.8, 4) is 0 Å². The van der Waals surface area contributed by atoms with Crippen molar-refractivity contribution in [1.82, 2.24) is 0 Å². The Kier molecular flexibility index (Phi) is 5.07. The minimum atomic E-state index is -5.19. The average molecular weight is 413 g/mol. The van der Waals surface area contributed by atoms with Crippen LogP contribution >= 0.6 is 22.6 Å². The summed E-state index contributed by atoms with van der Waals surface area (Å²) >= 11 is 1.85. The third kappa shape index (κ3) is 3.93. The van der Waals surface area contributed by atoms with E-state index in [4.69, 9.17) is 4.74 Å². The van der Waals surface area contributed by atoms with E-state index in [1.807, 2.05) is 22.6 Å². The lowest BCUT2D eigenvalue weighted by atomic mass is 9.72. The lowest BCUT2D eigenvalue weighted by Gasteiger charge is -2.27. The first kappa shape index (κ1) is 18.3. The average Bonchev–Trinajstić information content (AvgIpc) is 2.21. The van der Waals surface area contributed by atoms with Gasteiger partial charge in [0.2, 0.25) is 0 Å². The Labute approximate surface area is 136 Å². The number of halogens is 4. The van der Waals surface area contributed by atoms with Crippen LogP contribution in [-0.4, -0.2) is 18.5 Å². The predicted octanol–water partition coefficient (Wildman–Crippen LogP) is 4.23. The second-order valence-electron chi connectivity index (χ2n) is 6.05. The number of benzene rings is 1. The molecule has 0 unspecified atom stereocenters. The highest BCUT2D eigenvalue weighted by Crippen LogP contribution is 2.28. The lowest BCUT2D eigenvalue weighted by molar-refractivity contribution is 0.00680. The van der Waals surface area contributed by atoms with E-state index in [0.29, 0.717) is 9.13 Å². The highest BCUT2D eigenvalue weighted by Gasteiger charge is 2.34. The molecule has 0 aliphatic heterocycles. The van der Waals surface area contributed by atoms with Gasteiger partial charge in [-0.05, 0) is 69.7 Å². The van der Waals surface area contributed by atoms with Gasteiger partial charge in [0.25, 0.3) is 0 Å². The summed E-state index contributed by atoms with van der Waals surface area (Å²) in [4.78, 5) is 12.3. The van der Waals surface area contributed by atoms with Crippen LogP contribution in [-0.2, 0) is 4.74 Å². The van der Waals surface area contributed by atoms with Gasteiger partial charge in [-0.2, -0.15) is 0 Å². The van der Waals surface area contributed by atoms with E-state index in [2.05, 4.69) is 0 Å². The number of carbonyl (C=O) groups is 1. The Morgan fingerprint density at radius 2 is 1.52 bits per heavy atom. The van der Waals surface area contributed by atoms with E-state index < -0.39 is 24.0 Å². The predicted molar refractivity (Wildman–Crippen MR) is 87.3 cm³/mol. The molecule has 118 valence electrons. The maximum atomic E-state index is 13.3. The molecule has 0 saturated carbocycles. The van der Waals surface area contributed by atoms with Crippen molar-refractivity contribution in [2.75, 3.05) is 0 Å².